The summed E-state index contributed by atoms with van der Waals surface area (Å²) in [6, 6.07) is 40.2. The number of carbonyl (C=O) groups excluding carboxylic acids is 2. The fourth-order valence-electron chi connectivity index (χ4n) is 7.12. The number of hydrogen-bond donors (Lipinski definition) is 2. The Balaban J connectivity index is -0.000000814. The summed E-state index contributed by atoms with van der Waals surface area (Å²) in [5, 5.41) is 13.6. The molecule has 0 aromatic heterocycles. The van der Waals surface area contributed by atoms with Crippen LogP contribution in [0, 0.1) is 6.92 Å². The van der Waals surface area contributed by atoms with Crippen molar-refractivity contribution < 1.29 is 36.6 Å². The summed E-state index contributed by atoms with van der Waals surface area (Å²) in [6.45, 7) is 24.4. The fraction of sp³-hybridized carbons (Fsp3) is 0.476. The van der Waals surface area contributed by atoms with E-state index in [4.69, 9.17) is 20.7 Å². The van der Waals surface area contributed by atoms with Crippen molar-refractivity contribution in [2.24, 2.45) is 10.8 Å². The third-order valence-corrected chi connectivity index (χ3v) is 11.8. The Morgan fingerprint density at radius 1 is 0.600 bits per heavy atom. The molecular weight excluding hydrogens is 1030 g/mol. The molecule has 3 N–H and O–H groups in total. The van der Waals surface area contributed by atoms with E-state index in [1.54, 1.807) is 12.1 Å². The van der Waals surface area contributed by atoms with Crippen LogP contribution in [0.4, 0.5) is 0 Å². The molecule has 2 aliphatic rings. The second-order valence-corrected chi connectivity index (χ2v) is 18.4. The first-order chi connectivity index (χ1) is 35.5. The van der Waals surface area contributed by atoms with Crippen molar-refractivity contribution in [2.45, 2.75) is 170 Å². The summed E-state index contributed by atoms with van der Waals surface area (Å²) in [7, 11) is 0. The van der Waals surface area contributed by atoms with Gasteiger partial charge in [0.15, 0.2) is 0 Å². The Kier molecular flexibility index (Phi) is 52.4. The van der Waals surface area contributed by atoms with E-state index in [1.165, 1.54) is 53.5 Å². The summed E-state index contributed by atoms with van der Waals surface area (Å²) in [5.74, 6) is 0. The Morgan fingerprint density at radius 3 is 1.35 bits per heavy atom. The standard InChI is InChI=1S/C12H17N3.C12H19N.C12H18O.C9H10O.C7H5BrO.2C4H8O.C3H7.ClH.Mg/c1-3-6-12(14-15-13)11-8-5-7-10(4-2)9-11;2*1-3-6-12(13)11-8-5-7-10(4-2)9-11;1-2-8-4-3-5-9(6-8)7-10;8-7-3-1-2-6(4-7)5-9;2*1-2-4-5-3-1;1-3-2;;/h5,7-9,12H,3-4,6H2,1-2H3;5,7-9,12H,3-4,6,13H2,1-2H3;5,7-9,12-13H,3-4,6H2,1-2H3;3-7H,2H2,1H3;1-5H;2*1-4H2;1,3H2,2H3;1H;/q;;;;;;;-1;;+2/p-1. The zero-order valence-electron chi connectivity index (χ0n) is 47.0. The molecule has 75 heavy (non-hydrogen) atoms. The minimum Gasteiger partial charge on any atom is -1.00 e. The van der Waals surface area contributed by atoms with E-state index in [0.29, 0.717) is 5.56 Å². The van der Waals surface area contributed by atoms with Crippen LogP contribution in [0.5, 0.6) is 0 Å². The minimum absolute atomic E-state index is 0. The van der Waals surface area contributed by atoms with E-state index in [1.807, 2.05) is 67.6 Å². The first-order valence-corrected chi connectivity index (χ1v) is 27.7. The number of ether oxygens (including phenoxy) is 2. The largest absolute Gasteiger partial charge is 2.00 e. The quantitative estimate of drug-likeness (QED) is 0.0251. The molecule has 0 bridgehead atoms. The van der Waals surface area contributed by atoms with E-state index < -0.39 is 0 Å². The summed E-state index contributed by atoms with van der Waals surface area (Å²) < 4.78 is 10.8. The van der Waals surface area contributed by atoms with Gasteiger partial charge < -0.3 is 39.6 Å². The van der Waals surface area contributed by atoms with Crippen molar-refractivity contribution in [1.82, 2.24) is 0 Å². The molecule has 410 valence electrons. The van der Waals surface area contributed by atoms with Crippen molar-refractivity contribution in [3.05, 3.63) is 193 Å². The number of carbonyl (C=O) groups is 2. The number of nitrogens with two attached hydrogens (primary N) is 1. The van der Waals surface area contributed by atoms with Crippen molar-refractivity contribution in [3.63, 3.8) is 0 Å². The minimum atomic E-state index is -0.281. The van der Waals surface area contributed by atoms with E-state index in [2.05, 4.69) is 130 Å². The zero-order chi connectivity index (χ0) is 54.3. The number of nitrogens with zero attached hydrogens (tertiary/aromatic N) is 3. The predicted molar refractivity (Wildman–Crippen MR) is 318 cm³/mol. The summed E-state index contributed by atoms with van der Waals surface area (Å²) in [6.07, 6.45) is 17.7. The van der Waals surface area contributed by atoms with Gasteiger partial charge in [-0.2, -0.15) is 6.42 Å². The predicted octanol–water partition coefficient (Wildman–Crippen LogP) is 14.3. The van der Waals surface area contributed by atoms with Gasteiger partial charge in [-0.05, 0) is 133 Å². The van der Waals surface area contributed by atoms with Crippen LogP contribution in [-0.2, 0) is 35.2 Å². The summed E-state index contributed by atoms with van der Waals surface area (Å²) >= 11 is 3.24. The molecule has 2 heterocycles. The third kappa shape index (κ3) is 38.3. The average Bonchev–Trinajstić information content (AvgIpc) is 4.24. The van der Waals surface area contributed by atoms with Crippen molar-refractivity contribution in [1.29, 1.82) is 0 Å². The molecule has 2 aliphatic heterocycles. The molecular formula is C63H92BrClMgN4O5. The number of aldehydes is 2. The Morgan fingerprint density at radius 2 is 0.973 bits per heavy atom. The van der Waals surface area contributed by atoms with Crippen LogP contribution in [0.15, 0.2) is 131 Å². The number of aryl methyl sites for hydroxylation is 4. The molecule has 2 saturated heterocycles. The zero-order valence-corrected chi connectivity index (χ0v) is 50.8. The maximum absolute atomic E-state index is 10.3. The molecule has 0 saturated carbocycles. The Labute approximate surface area is 485 Å². The maximum Gasteiger partial charge on any atom is 2.00 e. The molecule has 5 aromatic rings. The summed E-state index contributed by atoms with van der Waals surface area (Å²) in [5.41, 5.74) is 24.7. The smallest absolute Gasteiger partial charge is 1.00 e. The van der Waals surface area contributed by atoms with Crippen LogP contribution in [0.3, 0.4) is 0 Å². The average molecular weight is 1130 g/mol. The van der Waals surface area contributed by atoms with Gasteiger partial charge in [0.05, 0.1) is 12.1 Å². The number of benzene rings is 5. The molecule has 2 fully saturated rings. The van der Waals surface area contributed by atoms with Crippen LogP contribution < -0.4 is 18.1 Å². The first kappa shape index (κ1) is 75.4. The third-order valence-electron chi connectivity index (χ3n) is 11.3. The van der Waals surface area contributed by atoms with E-state index in [0.717, 1.165) is 131 Å². The Bertz CT molecular complexity index is 2100. The van der Waals surface area contributed by atoms with Gasteiger partial charge in [-0.15, -0.1) is 0 Å². The molecule has 9 nitrogen and oxygen atoms in total. The monoisotopic (exact) mass is 1120 g/mol. The molecule has 5 aromatic carbocycles. The SMILES string of the molecule is C1CCOC1.C1CCOC1.CCCC(N)c1cccc(CC)c1.CCCC(N=[N+]=[N-])c1cccc(CC)c1.CCCC(O)c1cccc(CC)c1.CCc1cccc(C=O)c1.O=Cc1cccc(Br)c1.[CH2-]CC.[Cl-].[Mg+2]. The number of hydrogen-bond acceptors (Lipinski definition) is 7. The first-order valence-electron chi connectivity index (χ1n) is 26.9. The maximum atomic E-state index is 10.3. The van der Waals surface area contributed by atoms with Crippen LogP contribution in [0.1, 0.15) is 204 Å². The van der Waals surface area contributed by atoms with Crippen LogP contribution in [0.2, 0.25) is 0 Å². The van der Waals surface area contributed by atoms with E-state index in [-0.39, 0.29) is 53.6 Å². The molecule has 12 heteroatoms. The second kappa shape index (κ2) is 52.2. The van der Waals surface area contributed by atoms with Crippen molar-refractivity contribution in [3.8, 4) is 0 Å². The van der Waals surface area contributed by atoms with Gasteiger partial charge in [0.25, 0.3) is 0 Å². The molecule has 7 rings (SSSR count). The molecule has 3 atom stereocenters. The van der Waals surface area contributed by atoms with Gasteiger partial charge in [0.1, 0.15) is 12.6 Å². The number of aliphatic hydroxyl groups is 1. The van der Waals surface area contributed by atoms with Crippen LogP contribution >= 0.6 is 15.9 Å². The molecule has 0 spiro atoms. The van der Waals surface area contributed by atoms with Gasteiger partial charge in [-0.1, -0.05) is 199 Å². The Hall–Kier alpha value is -3.87. The van der Waals surface area contributed by atoms with Gasteiger partial charge in [0.2, 0.25) is 0 Å². The fourth-order valence-corrected chi connectivity index (χ4v) is 7.53. The number of azide groups is 1. The molecule has 0 radical (unpaired) electrons. The topological polar surface area (TPSA) is 148 Å². The number of halogens is 2. The molecule has 3 unspecified atom stereocenters. The second-order valence-electron chi connectivity index (χ2n) is 17.5. The van der Waals surface area contributed by atoms with Crippen molar-refractivity contribution >= 4 is 51.6 Å². The van der Waals surface area contributed by atoms with Crippen molar-refractivity contribution in [2.75, 3.05) is 26.4 Å². The van der Waals surface area contributed by atoms with E-state index in [9.17, 15) is 14.7 Å². The van der Waals surface area contributed by atoms with Crippen LogP contribution in [-0.4, -0.2) is 67.2 Å². The molecule has 0 aliphatic carbocycles. The normalized spacial score (nSPS) is 12.6. The van der Waals surface area contributed by atoms with Gasteiger partial charge in [-0.3, -0.25) is 9.59 Å². The van der Waals surface area contributed by atoms with Gasteiger partial charge >= 0.3 is 23.1 Å². The number of aliphatic hydroxyl groups excluding tert-OH is 1. The number of rotatable bonds is 16. The van der Waals surface area contributed by atoms with Gasteiger partial charge in [0, 0.05) is 53.0 Å². The molecule has 0 amide bonds. The van der Waals surface area contributed by atoms with Crippen LogP contribution in [0.25, 0.3) is 10.4 Å². The van der Waals surface area contributed by atoms with E-state index >= 15 is 0 Å². The summed E-state index contributed by atoms with van der Waals surface area (Å²) in [4.78, 5) is 23.3. The van der Waals surface area contributed by atoms with Gasteiger partial charge in [-0.25, -0.2) is 0 Å².